The summed E-state index contributed by atoms with van der Waals surface area (Å²) in [5.41, 5.74) is 0. The van der Waals surface area contributed by atoms with Crippen LogP contribution in [0.25, 0.3) is 0 Å². The molecule has 19 heteroatoms. The summed E-state index contributed by atoms with van der Waals surface area (Å²) in [6, 6.07) is 0. The van der Waals surface area contributed by atoms with E-state index in [9.17, 15) is 43.2 Å². The molecule has 0 aromatic heterocycles. The van der Waals surface area contributed by atoms with Crippen molar-refractivity contribution in [3.05, 3.63) is 0 Å². The summed E-state index contributed by atoms with van der Waals surface area (Å²) in [4.78, 5) is 72.6. The molecule has 0 radical (unpaired) electrons. The molecule has 0 saturated heterocycles. The van der Waals surface area contributed by atoms with Crippen LogP contribution >= 0.6 is 15.6 Å². The maximum absolute atomic E-state index is 13.0. The number of aliphatic hydroxyl groups is 1. The van der Waals surface area contributed by atoms with Gasteiger partial charge in [0.25, 0.3) is 0 Å². The second-order valence-corrected chi connectivity index (χ2v) is 30.7. The molecule has 7 atom stereocenters. The molecule has 17 nitrogen and oxygen atoms in total. The maximum atomic E-state index is 13.0. The topological polar surface area (TPSA) is 237 Å². The van der Waals surface area contributed by atoms with Gasteiger partial charge in [0.2, 0.25) is 0 Å². The molecule has 0 aromatic rings. The minimum Gasteiger partial charge on any atom is -0.462 e. The van der Waals surface area contributed by atoms with Crippen LogP contribution in [-0.2, 0) is 65.4 Å². The molecule has 0 heterocycles. The molecule has 0 rings (SSSR count). The number of carbonyl (C=O) groups excluding carboxylic acids is 4. The highest BCUT2D eigenvalue weighted by Gasteiger charge is 2.30. The van der Waals surface area contributed by atoms with Crippen molar-refractivity contribution in [3.8, 4) is 0 Å². The van der Waals surface area contributed by atoms with Crippen LogP contribution in [0.2, 0.25) is 0 Å². The number of hydrogen-bond acceptors (Lipinski definition) is 15. The fourth-order valence-electron chi connectivity index (χ4n) is 11.0. The summed E-state index contributed by atoms with van der Waals surface area (Å²) in [7, 11) is -9.91. The quantitative estimate of drug-likeness (QED) is 0.0222. The summed E-state index contributed by atoms with van der Waals surface area (Å²) in [6.07, 6.45) is 45.9. The number of esters is 4. The van der Waals surface area contributed by atoms with E-state index in [1.807, 2.05) is 0 Å². The number of phosphoric ester groups is 2. The van der Waals surface area contributed by atoms with Crippen LogP contribution in [0, 0.1) is 23.7 Å². The van der Waals surface area contributed by atoms with E-state index in [4.69, 9.17) is 37.0 Å². The first-order valence-corrected chi connectivity index (χ1v) is 40.8. The molecule has 546 valence electrons. The molecule has 0 fully saturated rings. The minimum atomic E-state index is -4.95. The Labute approximate surface area is 562 Å². The van der Waals surface area contributed by atoms with E-state index in [1.54, 1.807) is 0 Å². The van der Waals surface area contributed by atoms with E-state index in [0.717, 1.165) is 120 Å². The van der Waals surface area contributed by atoms with Crippen LogP contribution < -0.4 is 0 Å². The smallest absolute Gasteiger partial charge is 0.462 e. The Balaban J connectivity index is 5.23. The van der Waals surface area contributed by atoms with Gasteiger partial charge in [-0.05, 0) is 49.4 Å². The van der Waals surface area contributed by atoms with Crippen molar-refractivity contribution in [1.29, 1.82) is 0 Å². The molecule has 4 unspecified atom stereocenters. The van der Waals surface area contributed by atoms with Crippen LogP contribution in [0.5, 0.6) is 0 Å². The Morgan fingerprint density at radius 1 is 0.304 bits per heavy atom. The van der Waals surface area contributed by atoms with Crippen molar-refractivity contribution in [3.63, 3.8) is 0 Å². The Morgan fingerprint density at radius 2 is 0.522 bits per heavy atom. The van der Waals surface area contributed by atoms with E-state index in [1.165, 1.54) is 154 Å². The van der Waals surface area contributed by atoms with Crippen LogP contribution in [0.1, 0.15) is 364 Å². The third-order valence-electron chi connectivity index (χ3n) is 17.5. The first kappa shape index (κ1) is 90.1. The average Bonchev–Trinajstić information content (AvgIpc) is 1.55. The second kappa shape index (κ2) is 62.6. The summed E-state index contributed by atoms with van der Waals surface area (Å²) < 4.78 is 68.4. The van der Waals surface area contributed by atoms with Crippen LogP contribution in [0.15, 0.2) is 0 Å². The van der Waals surface area contributed by atoms with E-state index in [-0.39, 0.29) is 25.7 Å². The predicted molar refractivity (Wildman–Crippen MR) is 372 cm³/mol. The second-order valence-electron chi connectivity index (χ2n) is 27.8. The number of rotatable bonds is 70. The van der Waals surface area contributed by atoms with Crippen molar-refractivity contribution in [1.82, 2.24) is 0 Å². The molecule has 0 aromatic carbocycles. The van der Waals surface area contributed by atoms with Crippen molar-refractivity contribution >= 4 is 39.5 Å². The third kappa shape index (κ3) is 64.1. The zero-order valence-corrected chi connectivity index (χ0v) is 62.0. The molecule has 0 amide bonds. The van der Waals surface area contributed by atoms with Gasteiger partial charge in [0.15, 0.2) is 12.2 Å². The highest BCUT2D eigenvalue weighted by Crippen LogP contribution is 2.45. The van der Waals surface area contributed by atoms with Gasteiger partial charge in [-0.2, -0.15) is 0 Å². The largest absolute Gasteiger partial charge is 0.472 e. The number of carbonyl (C=O) groups is 4. The monoisotopic (exact) mass is 1350 g/mol. The lowest BCUT2D eigenvalue weighted by atomic mass is 9.99. The van der Waals surface area contributed by atoms with E-state index < -0.39 is 97.5 Å². The van der Waals surface area contributed by atoms with Gasteiger partial charge in [-0.15, -0.1) is 0 Å². The molecule has 92 heavy (non-hydrogen) atoms. The Bertz CT molecular complexity index is 1820. The van der Waals surface area contributed by atoms with E-state index in [0.29, 0.717) is 31.6 Å². The van der Waals surface area contributed by atoms with Gasteiger partial charge in [-0.3, -0.25) is 37.3 Å². The number of ether oxygens (including phenoxy) is 4. The fraction of sp³-hybridized carbons (Fsp3) is 0.945. The van der Waals surface area contributed by atoms with Crippen molar-refractivity contribution < 1.29 is 80.2 Å². The Hall–Kier alpha value is -1.94. The van der Waals surface area contributed by atoms with E-state index >= 15 is 0 Å². The number of unbranched alkanes of at least 4 members (excludes halogenated alkanes) is 34. The van der Waals surface area contributed by atoms with Gasteiger partial charge < -0.3 is 33.8 Å². The molecule has 0 spiro atoms. The molecule has 0 aliphatic carbocycles. The SMILES string of the molecule is CCC(C)CCCCCCCCCCCCCCCCC(=O)O[C@H](COC(=O)CCCCCCCCCC(C)C)COP(=O)(O)OC[C@@H](O)COP(=O)(O)OC[C@@H](COC(=O)CCCCCCCCC(C)CC)OC(=O)CCCCCCCCCCCCCC(C)C. The predicted octanol–water partition coefficient (Wildman–Crippen LogP) is 20.9. The zero-order valence-electron chi connectivity index (χ0n) is 60.2. The molecule has 0 aliphatic heterocycles. The Morgan fingerprint density at radius 3 is 0.772 bits per heavy atom. The number of phosphoric acid groups is 2. The molecular formula is C73H142O17P2. The fourth-order valence-corrected chi connectivity index (χ4v) is 12.5. The molecule has 0 aliphatic rings. The van der Waals surface area contributed by atoms with Gasteiger partial charge in [-0.25, -0.2) is 9.13 Å². The average molecular weight is 1350 g/mol. The van der Waals surface area contributed by atoms with Crippen LogP contribution in [0.3, 0.4) is 0 Å². The molecule has 0 bridgehead atoms. The number of hydrogen-bond donors (Lipinski definition) is 3. The highest BCUT2D eigenvalue weighted by molar-refractivity contribution is 7.47. The van der Waals surface area contributed by atoms with Gasteiger partial charge in [-0.1, -0.05) is 312 Å². The lowest BCUT2D eigenvalue weighted by molar-refractivity contribution is -0.161. The van der Waals surface area contributed by atoms with Crippen molar-refractivity contribution in [2.45, 2.75) is 382 Å². The minimum absolute atomic E-state index is 0.105. The lowest BCUT2D eigenvalue weighted by Gasteiger charge is -2.21. The standard InChI is InChI=1S/C73H142O17P2/c1-9-65(7)51-43-35-27-21-17-13-11-12-14-18-22-28-39-47-55-72(77)89-68(59-83-70(75)53-45-37-30-24-26-34-42-50-64(5)6)61-87-91(79,80)85-57-67(74)58-86-92(81,82)88-62-69(60-84-71(76)54-46-38-32-31-36-44-52-66(8)10-2)90-73(78)56-48-40-29-23-19-15-16-20-25-33-41-49-63(3)4/h63-69,74H,9-62H2,1-8H3,(H,79,80)(H,81,82)/t65?,66?,67-,68-,69-/m1/s1. The van der Waals surface area contributed by atoms with E-state index in [2.05, 4.69) is 55.4 Å². The van der Waals surface area contributed by atoms with Gasteiger partial charge in [0.1, 0.15) is 19.3 Å². The normalized spacial score (nSPS) is 14.8. The Kier molecular flexibility index (Phi) is 61.3. The molecule has 0 saturated carbocycles. The van der Waals surface area contributed by atoms with Gasteiger partial charge in [0.05, 0.1) is 26.4 Å². The van der Waals surface area contributed by atoms with Crippen molar-refractivity contribution in [2.24, 2.45) is 23.7 Å². The summed E-state index contributed by atoms with van der Waals surface area (Å²) in [6.45, 7) is 14.1. The van der Waals surface area contributed by atoms with Gasteiger partial charge >= 0.3 is 39.5 Å². The van der Waals surface area contributed by atoms with Crippen LogP contribution in [-0.4, -0.2) is 96.7 Å². The maximum Gasteiger partial charge on any atom is 0.472 e. The summed E-state index contributed by atoms with van der Waals surface area (Å²) in [5, 5.41) is 10.6. The summed E-state index contributed by atoms with van der Waals surface area (Å²) in [5.74, 6) is 0.920. The van der Waals surface area contributed by atoms with Gasteiger partial charge in [0, 0.05) is 25.7 Å². The number of aliphatic hydroxyl groups excluding tert-OH is 1. The highest BCUT2D eigenvalue weighted by atomic mass is 31.2. The van der Waals surface area contributed by atoms with Crippen LogP contribution in [0.4, 0.5) is 0 Å². The van der Waals surface area contributed by atoms with Crippen molar-refractivity contribution in [2.75, 3.05) is 39.6 Å². The summed E-state index contributed by atoms with van der Waals surface area (Å²) >= 11 is 0. The first-order valence-electron chi connectivity index (χ1n) is 37.8. The third-order valence-corrected chi connectivity index (χ3v) is 19.4. The lowest BCUT2D eigenvalue weighted by Crippen LogP contribution is -2.30. The zero-order chi connectivity index (χ0) is 68.2. The molecular weight excluding hydrogens is 1210 g/mol. The first-order chi connectivity index (χ1) is 44.2. The molecule has 3 N–H and O–H groups in total.